The fourth-order valence-corrected chi connectivity index (χ4v) is 10.4. The van der Waals surface area contributed by atoms with Crippen LogP contribution in [0.2, 0.25) is 0 Å². The maximum atomic E-state index is 4.57. The number of halogens is 1. The maximum Gasteiger partial charge on any atom is -0.0134 e. The van der Waals surface area contributed by atoms with E-state index >= 15 is 0 Å². The summed E-state index contributed by atoms with van der Waals surface area (Å²) in [6, 6.07) is 64.7. The van der Waals surface area contributed by atoms with Crippen LogP contribution in [-0.2, 0) is 17.3 Å². The van der Waals surface area contributed by atoms with Crippen LogP contribution < -0.4 is 31.8 Å². The van der Waals surface area contributed by atoms with Crippen molar-refractivity contribution in [2.24, 2.45) is 0 Å². The van der Waals surface area contributed by atoms with Crippen LogP contribution >= 0.6 is 25.5 Å². The molecule has 2 aliphatic rings. The molecule has 0 unspecified atom stereocenters. The standard InChI is InChI=1S/2C18H15P.C8H9.ClH.Ru/c2*1-4-10-16(11-5-1)19(17-12-6-2-7-13-17)18-14-8-3-9-15-18;1-3-7-5-2-6-8(7)4-1;;/h2*1-15H;1,3-4H,2,5-6H2;1H;/q;;;;+2/p-1. The van der Waals surface area contributed by atoms with E-state index in [4.69, 9.17) is 0 Å². The van der Waals surface area contributed by atoms with Crippen LogP contribution in [-0.4, -0.2) is 0 Å². The van der Waals surface area contributed by atoms with Gasteiger partial charge < -0.3 is 0 Å². The minimum absolute atomic E-state index is 0.446. The van der Waals surface area contributed by atoms with Gasteiger partial charge in [-0.3, -0.25) is 0 Å². The Balaban J connectivity index is 0.000000147. The number of hydrogen-bond donors (Lipinski definition) is 0. The minimum Gasteiger partial charge on any atom is -0.0622 e. The molecular formula is C44H39ClP2Ru+. The van der Waals surface area contributed by atoms with Crippen LogP contribution in [0.5, 0.6) is 0 Å². The van der Waals surface area contributed by atoms with Crippen molar-refractivity contribution in [2.45, 2.75) is 19.3 Å². The van der Waals surface area contributed by atoms with Crippen LogP contribution in [0.4, 0.5) is 0 Å². The van der Waals surface area contributed by atoms with Crippen molar-refractivity contribution < 1.29 is 17.3 Å². The SMILES string of the molecule is [CH]1[CH][C]2CCC[C]2[CH]1.[Cl][Ru+].c1ccc(P(c2ccccc2)c2ccccc2)cc1.c1ccc(P(c2ccccc2)c2ccccc2)cc1. The van der Waals surface area contributed by atoms with Gasteiger partial charge in [0.25, 0.3) is 0 Å². The van der Waals surface area contributed by atoms with Gasteiger partial charge in [0, 0.05) is 0 Å². The molecule has 0 aliphatic heterocycles. The van der Waals surface area contributed by atoms with Gasteiger partial charge >= 0.3 is 27.0 Å². The van der Waals surface area contributed by atoms with Crippen molar-refractivity contribution in [3.8, 4) is 0 Å². The molecule has 6 aromatic carbocycles. The molecule has 0 N–H and O–H groups in total. The summed E-state index contributed by atoms with van der Waals surface area (Å²) in [5, 5.41) is 8.39. The van der Waals surface area contributed by atoms with E-state index in [1.54, 1.807) is 11.8 Å². The summed E-state index contributed by atoms with van der Waals surface area (Å²) in [6.07, 6.45) is 10.7. The predicted molar refractivity (Wildman–Crippen MR) is 209 cm³/mol. The van der Waals surface area contributed by atoms with Crippen molar-refractivity contribution in [3.05, 3.63) is 213 Å². The summed E-state index contributed by atoms with van der Waals surface area (Å²) in [7, 11) is 3.68. The Labute approximate surface area is 305 Å². The first-order chi connectivity index (χ1) is 23.9. The molecule has 0 saturated heterocycles. The van der Waals surface area contributed by atoms with Crippen molar-refractivity contribution >= 4 is 57.4 Å². The van der Waals surface area contributed by atoms with Gasteiger partial charge in [0.1, 0.15) is 0 Å². The normalized spacial score (nSPS) is 13.8. The molecule has 239 valence electrons. The molecule has 6 aromatic rings. The number of benzene rings is 6. The second-order valence-corrected chi connectivity index (χ2v) is 15.6. The molecule has 0 atom stereocenters. The summed E-state index contributed by atoms with van der Waals surface area (Å²) < 4.78 is 0. The van der Waals surface area contributed by atoms with Gasteiger partial charge in [-0.25, -0.2) is 0 Å². The third-order valence-corrected chi connectivity index (χ3v) is 12.9. The molecule has 0 amide bonds. The molecule has 2 saturated carbocycles. The Morgan fingerprint density at radius 1 is 0.333 bits per heavy atom. The van der Waals surface area contributed by atoms with Gasteiger partial charge in [-0.15, -0.1) is 0 Å². The van der Waals surface area contributed by atoms with E-state index < -0.39 is 15.8 Å². The zero-order valence-electron chi connectivity index (χ0n) is 26.8. The molecule has 0 spiro atoms. The van der Waals surface area contributed by atoms with Crippen molar-refractivity contribution in [3.63, 3.8) is 0 Å². The average molecular weight is 766 g/mol. The number of rotatable bonds is 6. The van der Waals surface area contributed by atoms with Crippen LogP contribution in [0.25, 0.3) is 0 Å². The van der Waals surface area contributed by atoms with Crippen LogP contribution in [0.15, 0.2) is 182 Å². The van der Waals surface area contributed by atoms with Crippen LogP contribution in [0, 0.1) is 31.1 Å². The Hall–Kier alpha value is -2.91. The molecule has 0 aromatic heterocycles. The molecular weight excluding hydrogens is 727 g/mol. The van der Waals surface area contributed by atoms with Crippen molar-refractivity contribution in [1.82, 2.24) is 0 Å². The summed E-state index contributed by atoms with van der Waals surface area (Å²) in [5.74, 6) is 3.18. The van der Waals surface area contributed by atoms with Crippen molar-refractivity contribution in [1.29, 1.82) is 0 Å². The largest absolute Gasteiger partial charge is 0.0622 e. The second-order valence-electron chi connectivity index (χ2n) is 11.1. The fraction of sp³-hybridized carbons (Fsp3) is 0.0682. The van der Waals surface area contributed by atoms with Crippen LogP contribution in [0.1, 0.15) is 19.3 Å². The molecule has 8 rings (SSSR count). The monoisotopic (exact) mass is 766 g/mol. The molecule has 0 bridgehead atoms. The summed E-state index contributed by atoms with van der Waals surface area (Å²) in [6.45, 7) is 0. The molecule has 48 heavy (non-hydrogen) atoms. The summed E-state index contributed by atoms with van der Waals surface area (Å²) in [4.78, 5) is 0. The summed E-state index contributed by atoms with van der Waals surface area (Å²) >= 11 is 1.82. The molecule has 2 aliphatic carbocycles. The third-order valence-electron chi connectivity index (χ3n) is 7.99. The zero-order valence-corrected chi connectivity index (χ0v) is 31.1. The molecule has 4 heteroatoms. The van der Waals surface area contributed by atoms with E-state index in [1.807, 2.05) is 17.3 Å². The Morgan fingerprint density at radius 2 is 0.542 bits per heavy atom. The van der Waals surface area contributed by atoms with Gasteiger partial charge in [0.15, 0.2) is 0 Å². The maximum absolute atomic E-state index is 4.57. The molecule has 0 nitrogen and oxygen atoms in total. The van der Waals surface area contributed by atoms with E-state index in [0.717, 1.165) is 0 Å². The molecule has 5 radical (unpaired) electrons. The average Bonchev–Trinajstić information content (AvgIpc) is 3.83. The first kappa shape index (κ1) is 36.4. The van der Waals surface area contributed by atoms with E-state index in [1.165, 1.54) is 51.1 Å². The van der Waals surface area contributed by atoms with Gasteiger partial charge in [0.2, 0.25) is 0 Å². The van der Waals surface area contributed by atoms with E-state index in [9.17, 15) is 0 Å². The number of hydrogen-bond acceptors (Lipinski definition) is 0. The van der Waals surface area contributed by atoms with Crippen LogP contribution in [0.3, 0.4) is 0 Å². The van der Waals surface area contributed by atoms with Gasteiger partial charge in [0.05, 0.1) is 0 Å². The van der Waals surface area contributed by atoms with Crippen molar-refractivity contribution in [2.75, 3.05) is 0 Å². The van der Waals surface area contributed by atoms with E-state index in [0.29, 0.717) is 0 Å². The Kier molecular flexibility index (Phi) is 15.6. The first-order valence-electron chi connectivity index (χ1n) is 16.1. The number of fused-ring (bicyclic) bond motifs is 1. The van der Waals surface area contributed by atoms with Gasteiger partial charge in [-0.05, 0) is 91.6 Å². The molecule has 2 fully saturated rings. The first-order valence-corrected chi connectivity index (χ1v) is 21.1. The second kappa shape index (κ2) is 20.6. The van der Waals surface area contributed by atoms with E-state index in [2.05, 4.69) is 211 Å². The molecule has 0 heterocycles. The van der Waals surface area contributed by atoms with E-state index in [-0.39, 0.29) is 0 Å². The minimum atomic E-state index is -0.446. The fourth-order valence-electron chi connectivity index (χ4n) is 5.81. The van der Waals surface area contributed by atoms with Gasteiger partial charge in [-0.2, -0.15) is 0 Å². The quantitative estimate of drug-likeness (QED) is 0.117. The Morgan fingerprint density at radius 3 is 0.750 bits per heavy atom. The topological polar surface area (TPSA) is 0 Å². The Bertz CT molecular complexity index is 1360. The smallest absolute Gasteiger partial charge is 0.0134 e. The van der Waals surface area contributed by atoms with Gasteiger partial charge in [-0.1, -0.05) is 188 Å². The third kappa shape index (κ3) is 10.5. The summed E-state index contributed by atoms with van der Waals surface area (Å²) in [5.41, 5.74) is 0. The zero-order chi connectivity index (χ0) is 33.2. The predicted octanol–water partition coefficient (Wildman–Crippen LogP) is 9.52.